The molecule has 6 rings (SSSR count). The minimum Gasteiger partial charge on any atom is -0.347 e. The Hall–Kier alpha value is -3.76. The number of allylic oxidation sites excluding steroid dienone is 6. The van der Waals surface area contributed by atoms with Gasteiger partial charge in [0.25, 0.3) is 5.01 Å². The monoisotopic (exact) mass is 545 g/mol. The summed E-state index contributed by atoms with van der Waals surface area (Å²) in [6, 6.07) is 26.3. The first-order valence-electron chi connectivity index (χ1n) is 14.2. The number of anilines is 1. The Morgan fingerprint density at radius 3 is 2.27 bits per heavy atom. The van der Waals surface area contributed by atoms with Gasteiger partial charge in [0.2, 0.25) is 11.2 Å². The summed E-state index contributed by atoms with van der Waals surface area (Å²) in [5.41, 5.74) is 10.3. The van der Waals surface area contributed by atoms with E-state index in [2.05, 4.69) is 160 Å². The van der Waals surface area contributed by atoms with Gasteiger partial charge in [0.15, 0.2) is 5.71 Å². The van der Waals surface area contributed by atoms with Crippen molar-refractivity contribution in [2.75, 3.05) is 19.0 Å². The van der Waals surface area contributed by atoms with Crippen LogP contribution in [0.5, 0.6) is 0 Å². The molecule has 0 N–H and O–H groups in total. The highest BCUT2D eigenvalue weighted by molar-refractivity contribution is 7.19. The van der Waals surface area contributed by atoms with E-state index in [0.717, 1.165) is 6.54 Å². The zero-order valence-corrected chi connectivity index (χ0v) is 25.5. The number of para-hydroxylation sites is 3. The predicted octanol–water partition coefficient (Wildman–Crippen LogP) is 8.17. The first-order valence-corrected chi connectivity index (χ1v) is 15.0. The van der Waals surface area contributed by atoms with Gasteiger partial charge in [-0.25, -0.2) is 0 Å². The molecule has 202 valence electrons. The average Bonchev–Trinajstić information content (AvgIpc) is 3.49. The zero-order valence-electron chi connectivity index (χ0n) is 24.7. The summed E-state index contributed by atoms with van der Waals surface area (Å²) in [5, 5.41) is 1.28. The molecule has 3 heterocycles. The molecule has 4 heteroatoms. The molecule has 2 aliphatic rings. The average molecular weight is 546 g/mol. The Morgan fingerprint density at radius 2 is 1.55 bits per heavy atom. The summed E-state index contributed by atoms with van der Waals surface area (Å²) in [7, 11) is 4.38. The van der Waals surface area contributed by atoms with Crippen molar-refractivity contribution in [1.29, 1.82) is 0 Å². The van der Waals surface area contributed by atoms with Crippen molar-refractivity contribution < 1.29 is 9.14 Å². The van der Waals surface area contributed by atoms with E-state index in [9.17, 15) is 0 Å². The largest absolute Gasteiger partial charge is 0.347 e. The molecule has 3 nitrogen and oxygen atoms in total. The predicted molar refractivity (Wildman–Crippen MR) is 171 cm³/mol. The third-order valence-electron chi connectivity index (χ3n) is 8.89. The second-order valence-electron chi connectivity index (χ2n) is 11.9. The molecule has 0 spiro atoms. The third-order valence-corrected chi connectivity index (χ3v) is 10.1. The van der Waals surface area contributed by atoms with Crippen LogP contribution in [-0.2, 0) is 17.4 Å². The number of thiazole rings is 1. The molecule has 0 amide bonds. The van der Waals surface area contributed by atoms with Crippen LogP contribution in [0.4, 0.5) is 11.4 Å². The highest BCUT2D eigenvalue weighted by atomic mass is 32.1. The first kappa shape index (κ1) is 26.5. The lowest BCUT2D eigenvalue weighted by atomic mass is 9.81. The molecular formula is C36H39N3S+2. The Morgan fingerprint density at radius 1 is 0.875 bits per heavy atom. The van der Waals surface area contributed by atoms with Gasteiger partial charge in [-0.05, 0) is 56.7 Å². The van der Waals surface area contributed by atoms with E-state index in [1.165, 1.54) is 54.7 Å². The lowest BCUT2D eigenvalue weighted by molar-refractivity contribution is -0.665. The van der Waals surface area contributed by atoms with Gasteiger partial charge >= 0.3 is 0 Å². The molecule has 0 radical (unpaired) electrons. The third kappa shape index (κ3) is 4.00. The second kappa shape index (κ2) is 9.71. The van der Waals surface area contributed by atoms with Crippen LogP contribution in [0.2, 0.25) is 0 Å². The van der Waals surface area contributed by atoms with Gasteiger partial charge in [-0.3, -0.25) is 0 Å². The van der Waals surface area contributed by atoms with E-state index >= 15 is 0 Å². The second-order valence-corrected chi connectivity index (χ2v) is 12.9. The standard InChI is InChI=1S/C36H39N3S/c1-8-39-30-19-13-14-20-31(30)40-34(39)25(21-23-32-35(2,3)26-15-9-11-17-28(26)37(32)6)22-24-33-36(4,5)27-16-10-12-18-29(27)38(33)7/h9-24H,8H2,1-7H3/q+2. The van der Waals surface area contributed by atoms with Gasteiger partial charge < -0.3 is 4.90 Å². The number of nitrogens with zero attached hydrogens (tertiary/aromatic N) is 3. The van der Waals surface area contributed by atoms with Crippen molar-refractivity contribution in [3.8, 4) is 0 Å². The number of aromatic nitrogens is 1. The number of fused-ring (bicyclic) bond motifs is 3. The quantitative estimate of drug-likeness (QED) is 0.182. The molecule has 0 aliphatic carbocycles. The lowest BCUT2D eigenvalue weighted by Crippen LogP contribution is -2.34. The number of benzene rings is 3. The SMILES string of the molecule is CC[n+]1c(C(C=CC2=[N+](C)c3ccccc3C2(C)C)=CC=C2N(C)c3ccccc3C2(C)C)sc2ccccc21. The molecule has 0 fully saturated rings. The van der Waals surface area contributed by atoms with Gasteiger partial charge in [0, 0.05) is 47.6 Å². The Labute approximate surface area is 242 Å². The van der Waals surface area contributed by atoms with Crippen molar-refractivity contribution in [2.45, 2.75) is 52.0 Å². The molecule has 0 unspecified atom stereocenters. The number of likely N-dealkylation sites (N-methyl/N-ethyl adjacent to an activating group) is 1. The molecule has 40 heavy (non-hydrogen) atoms. The summed E-state index contributed by atoms with van der Waals surface area (Å²) in [5.74, 6) is 0. The van der Waals surface area contributed by atoms with Crippen molar-refractivity contribution >= 4 is 44.2 Å². The normalized spacial score (nSPS) is 18.8. The van der Waals surface area contributed by atoms with E-state index in [-0.39, 0.29) is 10.8 Å². The molecule has 0 atom stereocenters. The molecule has 0 bridgehead atoms. The molecule has 4 aromatic rings. The van der Waals surface area contributed by atoms with Crippen LogP contribution in [0.3, 0.4) is 0 Å². The highest BCUT2D eigenvalue weighted by Crippen LogP contribution is 2.47. The van der Waals surface area contributed by atoms with Gasteiger partial charge in [0.1, 0.15) is 18.3 Å². The van der Waals surface area contributed by atoms with Crippen molar-refractivity contribution in [3.63, 3.8) is 0 Å². The number of hydrogen-bond donors (Lipinski definition) is 0. The molecule has 0 saturated heterocycles. The van der Waals surface area contributed by atoms with Crippen LogP contribution in [0.1, 0.15) is 50.8 Å². The van der Waals surface area contributed by atoms with Crippen LogP contribution in [0, 0.1) is 0 Å². The fraction of sp³-hybridized carbons (Fsp3) is 0.278. The number of hydrogen-bond acceptors (Lipinski definition) is 2. The van der Waals surface area contributed by atoms with Gasteiger partial charge in [-0.1, -0.05) is 73.7 Å². The fourth-order valence-corrected chi connectivity index (χ4v) is 7.93. The van der Waals surface area contributed by atoms with E-state index in [1.54, 1.807) is 0 Å². The molecule has 1 aromatic heterocycles. The van der Waals surface area contributed by atoms with Gasteiger partial charge in [-0.2, -0.15) is 9.14 Å². The lowest BCUT2D eigenvalue weighted by Gasteiger charge is -2.23. The molecule has 2 aliphatic heterocycles. The smallest absolute Gasteiger partial charge is 0.270 e. The Bertz CT molecular complexity index is 1760. The van der Waals surface area contributed by atoms with Gasteiger partial charge in [0.05, 0.1) is 11.0 Å². The summed E-state index contributed by atoms with van der Waals surface area (Å²) >= 11 is 1.88. The van der Waals surface area contributed by atoms with Gasteiger partial charge in [-0.15, -0.1) is 0 Å². The van der Waals surface area contributed by atoms with Crippen LogP contribution in [0.25, 0.3) is 15.8 Å². The number of aryl methyl sites for hydroxylation is 1. The van der Waals surface area contributed by atoms with Crippen molar-refractivity contribution in [3.05, 3.63) is 119 Å². The number of rotatable bonds is 5. The van der Waals surface area contributed by atoms with Crippen LogP contribution in [0.15, 0.2) is 103 Å². The summed E-state index contributed by atoms with van der Waals surface area (Å²) in [6.07, 6.45) is 9.35. The van der Waals surface area contributed by atoms with Crippen LogP contribution < -0.4 is 9.47 Å². The fourth-order valence-electron chi connectivity index (χ4n) is 6.70. The van der Waals surface area contributed by atoms with Crippen LogP contribution >= 0.6 is 11.3 Å². The minimum atomic E-state index is -0.0678. The Balaban J connectivity index is 1.51. The van der Waals surface area contributed by atoms with E-state index in [1.807, 2.05) is 11.3 Å². The summed E-state index contributed by atoms with van der Waals surface area (Å²) in [4.78, 5) is 2.35. The van der Waals surface area contributed by atoms with E-state index in [0.29, 0.717) is 0 Å². The topological polar surface area (TPSA) is 10.1 Å². The summed E-state index contributed by atoms with van der Waals surface area (Å²) < 4.78 is 6.12. The highest BCUT2D eigenvalue weighted by Gasteiger charge is 2.43. The first-order chi connectivity index (χ1) is 19.2. The summed E-state index contributed by atoms with van der Waals surface area (Å²) in [6.45, 7) is 12.5. The maximum Gasteiger partial charge on any atom is 0.270 e. The molecule has 0 saturated carbocycles. The van der Waals surface area contributed by atoms with E-state index in [4.69, 9.17) is 0 Å². The van der Waals surface area contributed by atoms with E-state index < -0.39 is 0 Å². The molecular weight excluding hydrogens is 506 g/mol. The maximum atomic E-state index is 2.45. The minimum absolute atomic E-state index is 0.0678. The molecule has 3 aromatic carbocycles. The Kier molecular flexibility index (Phi) is 6.42. The van der Waals surface area contributed by atoms with Crippen LogP contribution in [-0.4, -0.2) is 24.4 Å². The maximum absolute atomic E-state index is 2.45. The van der Waals surface area contributed by atoms with Crippen molar-refractivity contribution in [1.82, 2.24) is 0 Å². The van der Waals surface area contributed by atoms with Crippen molar-refractivity contribution in [2.24, 2.45) is 0 Å². The zero-order chi connectivity index (χ0) is 28.2.